The number of nitrogens with two attached hydrogens (primary N) is 1. The summed E-state index contributed by atoms with van der Waals surface area (Å²) in [6.07, 6.45) is 4.05. The molecule has 10 nitrogen and oxygen atoms in total. The molecule has 2 fully saturated rings. The second-order valence-electron chi connectivity index (χ2n) is 12.3. The first kappa shape index (κ1) is 29.4. The average Bonchev–Trinajstić information content (AvgIpc) is 3.59. The number of carbonyl (C=O) groups is 3. The number of hydrogen-bond acceptors (Lipinski definition) is 6. The number of aliphatic hydroxyl groups excluding tert-OH is 1. The van der Waals surface area contributed by atoms with Crippen LogP contribution in [0.1, 0.15) is 69.7 Å². The smallest absolute Gasteiger partial charge is 0.248 e. The molecule has 1 unspecified atom stereocenters. The number of hydrogen-bond donors (Lipinski definition) is 3. The monoisotopic (exact) mass is 572 g/mol. The van der Waals surface area contributed by atoms with Gasteiger partial charge in [-0.2, -0.15) is 0 Å². The number of carbonyl (C=O) groups excluding carboxylic acids is 3. The van der Waals surface area contributed by atoms with E-state index in [1.54, 1.807) is 4.68 Å². The largest absolute Gasteiger partial charge is 0.391 e. The number of aliphatic hydroxyl groups is 1. The third-order valence-electron chi connectivity index (χ3n) is 8.70. The van der Waals surface area contributed by atoms with Crippen molar-refractivity contribution < 1.29 is 19.5 Å². The first-order chi connectivity index (χ1) is 20.1. The summed E-state index contributed by atoms with van der Waals surface area (Å²) >= 11 is 0. The lowest BCUT2D eigenvalue weighted by Gasteiger charge is -2.36. The van der Waals surface area contributed by atoms with Crippen molar-refractivity contribution in [3.8, 4) is 11.1 Å². The molecule has 1 aliphatic heterocycles. The second kappa shape index (κ2) is 12.1. The number of rotatable bonds is 11. The summed E-state index contributed by atoms with van der Waals surface area (Å²) in [6, 6.07) is 15.0. The van der Waals surface area contributed by atoms with Gasteiger partial charge >= 0.3 is 0 Å². The van der Waals surface area contributed by atoms with Gasteiger partial charge in [0.15, 0.2) is 0 Å². The molecule has 1 aromatic heterocycles. The number of β-amino-alcohol motifs (C(OH)–C–C–N with tert-alkyl or cyclic N) is 1. The summed E-state index contributed by atoms with van der Waals surface area (Å²) in [4.78, 5) is 41.5. The highest BCUT2D eigenvalue weighted by molar-refractivity contribution is 5.93. The number of nitrogens with zero attached hydrogens (tertiary/aromatic N) is 4. The van der Waals surface area contributed by atoms with Crippen LogP contribution in [0.15, 0.2) is 60.8 Å². The van der Waals surface area contributed by atoms with Crippen LogP contribution < -0.4 is 11.1 Å². The van der Waals surface area contributed by atoms with Gasteiger partial charge < -0.3 is 21.1 Å². The van der Waals surface area contributed by atoms with E-state index in [-0.39, 0.29) is 25.3 Å². The Labute approximate surface area is 246 Å². The molecule has 42 heavy (non-hydrogen) atoms. The molecule has 2 aromatic carbocycles. The van der Waals surface area contributed by atoms with Gasteiger partial charge in [-0.1, -0.05) is 80.6 Å². The quantitative estimate of drug-likeness (QED) is 0.322. The molecule has 10 heteroatoms. The number of amides is 3. The molecule has 0 spiro atoms. The lowest BCUT2D eigenvalue weighted by Crippen LogP contribution is -2.54. The molecule has 2 heterocycles. The molecule has 1 aliphatic carbocycles. The fourth-order valence-electron chi connectivity index (χ4n) is 5.63. The molecule has 1 saturated heterocycles. The van der Waals surface area contributed by atoms with E-state index in [4.69, 9.17) is 5.73 Å². The summed E-state index contributed by atoms with van der Waals surface area (Å²) in [7, 11) is 0. The van der Waals surface area contributed by atoms with Gasteiger partial charge in [0.2, 0.25) is 17.7 Å². The van der Waals surface area contributed by atoms with Crippen molar-refractivity contribution in [3.05, 3.63) is 72.1 Å². The Balaban J connectivity index is 1.32. The Kier molecular flexibility index (Phi) is 8.45. The lowest BCUT2D eigenvalue weighted by molar-refractivity contribution is -0.145. The van der Waals surface area contributed by atoms with Crippen LogP contribution >= 0.6 is 0 Å². The van der Waals surface area contributed by atoms with Gasteiger partial charge in [-0.05, 0) is 41.4 Å². The number of likely N-dealkylation sites (tertiary alicyclic amines) is 1. The molecule has 4 N–H and O–H groups in total. The van der Waals surface area contributed by atoms with Crippen LogP contribution in [0.2, 0.25) is 0 Å². The van der Waals surface area contributed by atoms with Gasteiger partial charge in [0.05, 0.1) is 11.8 Å². The third-order valence-corrected chi connectivity index (χ3v) is 8.70. The molecular weight excluding hydrogens is 532 g/mol. The first-order valence-corrected chi connectivity index (χ1v) is 14.7. The Hall–Kier alpha value is -4.05. The van der Waals surface area contributed by atoms with Crippen molar-refractivity contribution >= 4 is 17.7 Å². The Bertz CT molecular complexity index is 1420. The van der Waals surface area contributed by atoms with Crippen molar-refractivity contribution in [2.45, 2.75) is 83.0 Å². The molecule has 222 valence electrons. The molecule has 3 aromatic rings. The predicted molar refractivity (Wildman–Crippen MR) is 158 cm³/mol. The molecule has 1 saturated carbocycles. The van der Waals surface area contributed by atoms with Gasteiger partial charge in [0, 0.05) is 31.5 Å². The zero-order valence-corrected chi connectivity index (χ0v) is 24.4. The van der Waals surface area contributed by atoms with Crippen molar-refractivity contribution in [3.63, 3.8) is 0 Å². The van der Waals surface area contributed by atoms with E-state index >= 15 is 0 Å². The van der Waals surface area contributed by atoms with E-state index < -0.39 is 41.5 Å². The van der Waals surface area contributed by atoms with E-state index in [1.807, 2.05) is 81.6 Å². The number of primary amides is 1. The van der Waals surface area contributed by atoms with Crippen LogP contribution in [0.25, 0.3) is 11.1 Å². The van der Waals surface area contributed by atoms with Gasteiger partial charge in [0.25, 0.3) is 0 Å². The Morgan fingerprint density at radius 2 is 1.74 bits per heavy atom. The van der Waals surface area contributed by atoms with Crippen LogP contribution in [0, 0.1) is 5.41 Å². The second-order valence-corrected chi connectivity index (χ2v) is 12.3. The number of benzene rings is 2. The van der Waals surface area contributed by atoms with E-state index in [1.165, 1.54) is 4.90 Å². The summed E-state index contributed by atoms with van der Waals surface area (Å²) in [6.45, 7) is 6.00. The molecule has 4 atom stereocenters. The zero-order valence-electron chi connectivity index (χ0n) is 24.4. The fourth-order valence-corrected chi connectivity index (χ4v) is 5.63. The standard InChI is InChI=1S/C32H40N6O4/c1-4-32(2,3)28(38-19-26(35-36-38)23-14-15-23)31(42)37-18-24(39)17-27(37)30(41)34-25(29(33)40)16-20-10-12-22(13-11-20)21-8-6-5-7-9-21/h5-13,19,23-25,27-28,39H,4,14-18H2,1-3H3,(H2,33,40)(H,34,41)/t24-,25-,27?,28-/m1/s1. The Morgan fingerprint density at radius 3 is 2.36 bits per heavy atom. The maximum atomic E-state index is 14.1. The number of nitrogens with one attached hydrogen (secondary N) is 1. The SMILES string of the molecule is CCC(C)(C)[C@@H](C(=O)N1C[C@H](O)CC1C(=O)N[C@H](Cc1ccc(-c2ccccc2)cc1)C(N)=O)n1cc(C2CC2)nn1. The average molecular weight is 573 g/mol. The van der Waals surface area contributed by atoms with E-state index in [0.717, 1.165) is 35.2 Å². The van der Waals surface area contributed by atoms with Crippen molar-refractivity contribution in [2.24, 2.45) is 11.1 Å². The predicted octanol–water partition coefficient (Wildman–Crippen LogP) is 2.97. The van der Waals surface area contributed by atoms with Crippen LogP contribution in [-0.2, 0) is 20.8 Å². The molecule has 0 bridgehead atoms. The normalized spacial score (nSPS) is 20.2. The molecule has 5 rings (SSSR count). The minimum atomic E-state index is -0.978. The molecule has 2 aliphatic rings. The fraction of sp³-hybridized carbons (Fsp3) is 0.469. The maximum absolute atomic E-state index is 14.1. The van der Waals surface area contributed by atoms with Gasteiger partial charge in [-0.15, -0.1) is 5.10 Å². The summed E-state index contributed by atoms with van der Waals surface area (Å²) in [5.41, 5.74) is 9.02. The highest BCUT2D eigenvalue weighted by atomic mass is 16.3. The van der Waals surface area contributed by atoms with Crippen LogP contribution in [-0.4, -0.2) is 67.5 Å². The number of aromatic nitrogens is 3. The topological polar surface area (TPSA) is 143 Å². The molecular formula is C32H40N6O4. The summed E-state index contributed by atoms with van der Waals surface area (Å²) in [5, 5.41) is 21.9. The van der Waals surface area contributed by atoms with Crippen LogP contribution in [0.5, 0.6) is 0 Å². The summed E-state index contributed by atoms with van der Waals surface area (Å²) < 4.78 is 1.62. The Morgan fingerprint density at radius 1 is 1.07 bits per heavy atom. The van der Waals surface area contributed by atoms with Crippen molar-refractivity contribution in [1.82, 2.24) is 25.2 Å². The third kappa shape index (κ3) is 6.38. The maximum Gasteiger partial charge on any atom is 0.248 e. The van der Waals surface area contributed by atoms with E-state index in [0.29, 0.717) is 12.3 Å². The van der Waals surface area contributed by atoms with E-state index in [9.17, 15) is 19.5 Å². The lowest BCUT2D eigenvalue weighted by atomic mass is 9.81. The van der Waals surface area contributed by atoms with Gasteiger partial charge in [-0.25, -0.2) is 4.68 Å². The summed E-state index contributed by atoms with van der Waals surface area (Å²) in [5.74, 6) is -1.12. The molecule has 0 radical (unpaired) electrons. The molecule has 3 amide bonds. The van der Waals surface area contributed by atoms with Gasteiger partial charge in [-0.3, -0.25) is 14.4 Å². The van der Waals surface area contributed by atoms with Crippen LogP contribution in [0.4, 0.5) is 0 Å². The van der Waals surface area contributed by atoms with Crippen molar-refractivity contribution in [1.29, 1.82) is 0 Å². The van der Waals surface area contributed by atoms with Crippen LogP contribution in [0.3, 0.4) is 0 Å². The minimum Gasteiger partial charge on any atom is -0.391 e. The van der Waals surface area contributed by atoms with E-state index in [2.05, 4.69) is 15.6 Å². The highest BCUT2D eigenvalue weighted by Crippen LogP contribution is 2.41. The first-order valence-electron chi connectivity index (χ1n) is 14.7. The highest BCUT2D eigenvalue weighted by Gasteiger charge is 2.46. The minimum absolute atomic E-state index is 0.0135. The zero-order chi connectivity index (χ0) is 30.0. The van der Waals surface area contributed by atoms with Gasteiger partial charge in [0.1, 0.15) is 18.1 Å². The van der Waals surface area contributed by atoms with Crippen molar-refractivity contribution in [2.75, 3.05) is 6.54 Å².